The van der Waals surface area contributed by atoms with Gasteiger partial charge in [0.15, 0.2) is 5.78 Å². The maximum absolute atomic E-state index is 13.2. The van der Waals surface area contributed by atoms with Crippen LogP contribution in [0.1, 0.15) is 65.2 Å². The molecule has 0 aliphatic heterocycles. The summed E-state index contributed by atoms with van der Waals surface area (Å²) in [7, 11) is 1.48. The molecule has 138 valence electrons. The Morgan fingerprint density at radius 3 is 2.52 bits per heavy atom. The average molecular weight is 346 g/mol. The molecular weight excluding hydrogens is 316 g/mol. The number of ether oxygens (including phenoxy) is 1. The summed E-state index contributed by atoms with van der Waals surface area (Å²) in [6.07, 6.45) is 6.55. The van der Waals surface area contributed by atoms with Crippen LogP contribution >= 0.6 is 0 Å². The van der Waals surface area contributed by atoms with E-state index >= 15 is 0 Å². The van der Waals surface area contributed by atoms with Gasteiger partial charge in [-0.1, -0.05) is 19.9 Å². The molecule has 4 nitrogen and oxygen atoms in total. The third kappa shape index (κ3) is 1.87. The summed E-state index contributed by atoms with van der Waals surface area (Å²) in [4.78, 5) is 25.8. The summed E-state index contributed by atoms with van der Waals surface area (Å²) in [6, 6.07) is 0. The molecule has 0 aromatic carbocycles. The maximum atomic E-state index is 13.2. The zero-order chi connectivity index (χ0) is 18.3. The van der Waals surface area contributed by atoms with Gasteiger partial charge in [-0.2, -0.15) is 0 Å². The Morgan fingerprint density at radius 1 is 1.16 bits per heavy atom. The predicted octanol–water partition coefficient (Wildman–Crippen LogP) is 3.42. The van der Waals surface area contributed by atoms with Gasteiger partial charge in [0.25, 0.3) is 0 Å². The molecule has 1 spiro atoms. The van der Waals surface area contributed by atoms with E-state index < -0.39 is 16.4 Å². The first-order valence-electron chi connectivity index (χ1n) is 9.69. The standard InChI is InChI=1S/C21H30O4/c1-13-16(22)20-10-6-14-18(2,15(20)7-11-21(13,24)12-20)8-5-9-19(14,3)17(23)25-4/h14-15,24H,1,5-12H2,2-4H3/t14-,15-,18?,19?,20?,21?/m0/s1. The number of rotatable bonds is 1. The van der Waals surface area contributed by atoms with E-state index in [1.54, 1.807) is 0 Å². The highest BCUT2D eigenvalue weighted by Gasteiger charge is 2.71. The normalized spacial score (nSPS) is 51.7. The zero-order valence-electron chi connectivity index (χ0n) is 15.7. The number of carbonyl (C=O) groups excluding carboxylic acids is 2. The molecule has 4 unspecified atom stereocenters. The Balaban J connectivity index is 1.78. The van der Waals surface area contributed by atoms with Crippen molar-refractivity contribution < 1.29 is 19.4 Å². The fourth-order valence-electron chi connectivity index (χ4n) is 7.60. The molecule has 0 saturated heterocycles. The monoisotopic (exact) mass is 346 g/mol. The van der Waals surface area contributed by atoms with Crippen LogP contribution in [-0.2, 0) is 14.3 Å². The third-order valence-corrected chi connectivity index (χ3v) is 8.71. The molecule has 4 saturated carbocycles. The fraction of sp³-hybridized carbons (Fsp3) is 0.810. The Kier molecular flexibility index (Phi) is 3.43. The molecule has 0 aromatic heterocycles. The molecule has 4 heteroatoms. The van der Waals surface area contributed by atoms with Gasteiger partial charge in [0.1, 0.15) is 0 Å². The van der Waals surface area contributed by atoms with E-state index in [2.05, 4.69) is 20.4 Å². The number of aliphatic hydroxyl groups is 1. The van der Waals surface area contributed by atoms with E-state index in [4.69, 9.17) is 4.74 Å². The highest BCUT2D eigenvalue weighted by molar-refractivity contribution is 6.04. The number of hydrogen-bond acceptors (Lipinski definition) is 4. The first kappa shape index (κ1) is 17.3. The molecule has 25 heavy (non-hydrogen) atoms. The highest BCUT2D eigenvalue weighted by Crippen LogP contribution is 2.71. The average Bonchev–Trinajstić information content (AvgIpc) is 2.71. The van der Waals surface area contributed by atoms with Gasteiger partial charge in [-0.05, 0) is 69.1 Å². The lowest BCUT2D eigenvalue weighted by Gasteiger charge is -2.63. The number of carbonyl (C=O) groups is 2. The SMILES string of the molecule is C=C1C(=O)C23CC[C@@H]4C(C)(C(=O)OC)CCCC4(C)[C@@H]2CCC1(O)C3. The lowest BCUT2D eigenvalue weighted by molar-refractivity contribution is -0.189. The summed E-state index contributed by atoms with van der Waals surface area (Å²) in [6.45, 7) is 8.32. The molecule has 0 heterocycles. The number of fused-ring (bicyclic) bond motifs is 3. The number of methoxy groups -OCH3 is 1. The van der Waals surface area contributed by atoms with Crippen molar-refractivity contribution in [2.45, 2.75) is 70.8 Å². The second kappa shape index (κ2) is 4.97. The van der Waals surface area contributed by atoms with Crippen LogP contribution in [0.25, 0.3) is 0 Å². The van der Waals surface area contributed by atoms with Crippen molar-refractivity contribution >= 4 is 11.8 Å². The van der Waals surface area contributed by atoms with Crippen molar-refractivity contribution in [1.82, 2.24) is 0 Å². The Bertz CT molecular complexity index is 669. The minimum Gasteiger partial charge on any atom is -0.469 e. The molecule has 0 radical (unpaired) electrons. The Hall–Kier alpha value is -1.16. The van der Waals surface area contributed by atoms with Crippen LogP contribution in [0.2, 0.25) is 0 Å². The summed E-state index contributed by atoms with van der Waals surface area (Å²) in [5.74, 6) is 0.469. The third-order valence-electron chi connectivity index (χ3n) is 8.71. The van der Waals surface area contributed by atoms with Crippen LogP contribution in [-0.4, -0.2) is 29.6 Å². The van der Waals surface area contributed by atoms with Gasteiger partial charge in [-0.3, -0.25) is 9.59 Å². The minimum absolute atomic E-state index is 0.0545. The number of esters is 1. The molecular formula is C21H30O4. The van der Waals surface area contributed by atoms with Crippen LogP contribution in [0.5, 0.6) is 0 Å². The van der Waals surface area contributed by atoms with Crippen LogP contribution in [0.4, 0.5) is 0 Å². The molecule has 1 N–H and O–H groups in total. The fourth-order valence-corrected chi connectivity index (χ4v) is 7.60. The smallest absolute Gasteiger partial charge is 0.311 e. The van der Waals surface area contributed by atoms with Crippen molar-refractivity contribution in [3.8, 4) is 0 Å². The molecule has 0 aromatic rings. The summed E-state index contributed by atoms with van der Waals surface area (Å²) in [5.41, 5.74) is -1.53. The minimum atomic E-state index is -0.989. The molecule has 0 amide bonds. The quantitative estimate of drug-likeness (QED) is 0.584. The second-order valence-corrected chi connectivity index (χ2v) is 9.62. The summed E-state index contributed by atoms with van der Waals surface area (Å²) < 4.78 is 5.18. The molecule has 6 atom stereocenters. The van der Waals surface area contributed by atoms with Crippen molar-refractivity contribution in [2.75, 3.05) is 7.11 Å². The first-order valence-corrected chi connectivity index (χ1v) is 9.69. The highest BCUT2D eigenvalue weighted by atomic mass is 16.5. The van der Waals surface area contributed by atoms with Crippen LogP contribution in [0.15, 0.2) is 12.2 Å². The molecule has 4 fully saturated rings. The molecule has 2 bridgehead atoms. The van der Waals surface area contributed by atoms with Gasteiger partial charge < -0.3 is 9.84 Å². The van der Waals surface area contributed by atoms with Crippen molar-refractivity contribution in [3.05, 3.63) is 12.2 Å². The van der Waals surface area contributed by atoms with Gasteiger partial charge >= 0.3 is 5.97 Å². The maximum Gasteiger partial charge on any atom is 0.311 e. The largest absolute Gasteiger partial charge is 0.469 e. The zero-order valence-corrected chi connectivity index (χ0v) is 15.7. The van der Waals surface area contributed by atoms with Gasteiger partial charge in [-0.15, -0.1) is 0 Å². The van der Waals surface area contributed by atoms with E-state index in [0.29, 0.717) is 18.4 Å². The Labute approximate surface area is 150 Å². The number of ketones is 1. The van der Waals surface area contributed by atoms with Gasteiger partial charge in [0.05, 0.1) is 18.1 Å². The van der Waals surface area contributed by atoms with E-state index in [-0.39, 0.29) is 29.0 Å². The number of hydrogen-bond donors (Lipinski definition) is 1. The lowest BCUT2D eigenvalue weighted by Crippen LogP contribution is -2.60. The van der Waals surface area contributed by atoms with Crippen LogP contribution < -0.4 is 0 Å². The van der Waals surface area contributed by atoms with Gasteiger partial charge in [0, 0.05) is 11.0 Å². The van der Waals surface area contributed by atoms with Crippen molar-refractivity contribution in [3.63, 3.8) is 0 Å². The molecule has 4 rings (SSSR count). The summed E-state index contributed by atoms with van der Waals surface area (Å²) in [5, 5.41) is 10.9. The van der Waals surface area contributed by atoms with E-state index in [1.165, 1.54) is 7.11 Å². The molecule has 4 aliphatic rings. The number of Topliss-reactive ketones (excluding diaryl/α,β-unsaturated/α-hetero) is 1. The van der Waals surface area contributed by atoms with E-state index in [0.717, 1.165) is 38.5 Å². The predicted molar refractivity (Wildman–Crippen MR) is 93.7 cm³/mol. The summed E-state index contributed by atoms with van der Waals surface area (Å²) >= 11 is 0. The van der Waals surface area contributed by atoms with Crippen LogP contribution in [0, 0.1) is 28.1 Å². The van der Waals surface area contributed by atoms with Gasteiger partial charge in [0.2, 0.25) is 0 Å². The lowest BCUT2D eigenvalue weighted by atomic mass is 9.40. The van der Waals surface area contributed by atoms with Crippen molar-refractivity contribution in [2.24, 2.45) is 28.1 Å². The Morgan fingerprint density at radius 2 is 1.84 bits per heavy atom. The van der Waals surface area contributed by atoms with E-state index in [1.807, 2.05) is 0 Å². The second-order valence-electron chi connectivity index (χ2n) is 9.62. The van der Waals surface area contributed by atoms with Crippen molar-refractivity contribution in [1.29, 1.82) is 0 Å². The van der Waals surface area contributed by atoms with E-state index in [9.17, 15) is 14.7 Å². The van der Waals surface area contributed by atoms with Gasteiger partial charge in [-0.25, -0.2) is 0 Å². The van der Waals surface area contributed by atoms with Crippen LogP contribution in [0.3, 0.4) is 0 Å². The molecule has 4 aliphatic carbocycles. The topological polar surface area (TPSA) is 63.6 Å². The first-order chi connectivity index (χ1) is 11.6.